The molecule has 102 valence electrons. The van der Waals surface area contributed by atoms with Gasteiger partial charge in [-0.15, -0.1) is 0 Å². The molecule has 0 aliphatic carbocycles. The summed E-state index contributed by atoms with van der Waals surface area (Å²) in [5, 5.41) is 12.0. The molecule has 0 aliphatic heterocycles. The van der Waals surface area contributed by atoms with Crippen LogP contribution in [0.4, 0.5) is 10.2 Å². The van der Waals surface area contributed by atoms with Gasteiger partial charge < -0.3 is 10.1 Å². The number of nitrogens with one attached hydrogen (secondary N) is 1. The minimum absolute atomic E-state index is 0.120. The molecule has 0 amide bonds. The van der Waals surface area contributed by atoms with Crippen molar-refractivity contribution in [3.05, 3.63) is 42.0 Å². The quantitative estimate of drug-likeness (QED) is 0.905. The molecule has 0 fully saturated rings. The van der Waals surface area contributed by atoms with Crippen LogP contribution >= 0.6 is 0 Å². The summed E-state index contributed by atoms with van der Waals surface area (Å²) >= 11 is 0. The third-order valence-corrected chi connectivity index (χ3v) is 2.47. The zero-order valence-corrected chi connectivity index (χ0v) is 10.9. The number of hydrogen-bond acceptors (Lipinski definition) is 5. The standard InChI is InChI=1S/C14H13FN4O/c1-2-6-18-13-8-17-9-14(19-13)20-12-5-3-4-11(15)10(12)7-16/h3-5,8-9H,2,6H2,1H3,(H,18,19). The molecule has 0 radical (unpaired) electrons. The van der Waals surface area contributed by atoms with Crippen molar-refractivity contribution in [2.75, 3.05) is 11.9 Å². The fourth-order valence-electron chi connectivity index (χ4n) is 1.55. The first-order chi connectivity index (χ1) is 9.74. The molecule has 1 N–H and O–H groups in total. The van der Waals surface area contributed by atoms with Gasteiger partial charge >= 0.3 is 0 Å². The molecule has 0 saturated heterocycles. The van der Waals surface area contributed by atoms with Crippen LogP contribution in [-0.2, 0) is 0 Å². The Hall–Kier alpha value is -2.68. The summed E-state index contributed by atoms with van der Waals surface area (Å²) in [5.74, 6) is 0.264. The van der Waals surface area contributed by atoms with Gasteiger partial charge in [0.15, 0.2) is 0 Å². The van der Waals surface area contributed by atoms with Crippen LogP contribution in [0.5, 0.6) is 11.6 Å². The highest BCUT2D eigenvalue weighted by molar-refractivity contribution is 5.45. The molecule has 1 heterocycles. The molecule has 1 aromatic carbocycles. The van der Waals surface area contributed by atoms with E-state index in [1.807, 2.05) is 6.92 Å². The maximum absolute atomic E-state index is 13.4. The first-order valence-corrected chi connectivity index (χ1v) is 6.17. The van der Waals surface area contributed by atoms with E-state index in [9.17, 15) is 4.39 Å². The molecule has 0 spiro atoms. The van der Waals surface area contributed by atoms with Crippen LogP contribution in [0.15, 0.2) is 30.6 Å². The first-order valence-electron chi connectivity index (χ1n) is 6.17. The predicted molar refractivity (Wildman–Crippen MR) is 72.0 cm³/mol. The Labute approximate surface area is 116 Å². The summed E-state index contributed by atoms with van der Waals surface area (Å²) in [6, 6.07) is 5.95. The lowest BCUT2D eigenvalue weighted by molar-refractivity contribution is 0.454. The molecule has 20 heavy (non-hydrogen) atoms. The minimum Gasteiger partial charge on any atom is -0.436 e. The Bertz CT molecular complexity index is 639. The van der Waals surface area contributed by atoms with Crippen molar-refractivity contribution in [3.63, 3.8) is 0 Å². The lowest BCUT2D eigenvalue weighted by atomic mass is 10.2. The summed E-state index contributed by atoms with van der Waals surface area (Å²) in [7, 11) is 0. The number of benzene rings is 1. The van der Waals surface area contributed by atoms with E-state index < -0.39 is 5.82 Å². The van der Waals surface area contributed by atoms with Crippen molar-refractivity contribution < 1.29 is 9.13 Å². The van der Waals surface area contributed by atoms with Crippen LogP contribution in [0.2, 0.25) is 0 Å². The van der Waals surface area contributed by atoms with E-state index in [2.05, 4.69) is 15.3 Å². The van der Waals surface area contributed by atoms with E-state index in [-0.39, 0.29) is 17.2 Å². The highest BCUT2D eigenvalue weighted by atomic mass is 19.1. The monoisotopic (exact) mass is 272 g/mol. The zero-order chi connectivity index (χ0) is 14.4. The maximum atomic E-state index is 13.4. The molecule has 1 aromatic heterocycles. The number of nitriles is 1. The lowest BCUT2D eigenvalue weighted by Crippen LogP contribution is -2.03. The van der Waals surface area contributed by atoms with Gasteiger partial charge in [-0.1, -0.05) is 13.0 Å². The van der Waals surface area contributed by atoms with E-state index in [0.29, 0.717) is 5.82 Å². The Morgan fingerprint density at radius 2 is 2.25 bits per heavy atom. The van der Waals surface area contributed by atoms with Crippen LogP contribution in [-0.4, -0.2) is 16.5 Å². The highest BCUT2D eigenvalue weighted by Crippen LogP contribution is 2.25. The molecule has 2 aromatic rings. The number of rotatable bonds is 5. The van der Waals surface area contributed by atoms with Crippen LogP contribution in [0, 0.1) is 17.1 Å². The number of hydrogen-bond donors (Lipinski definition) is 1. The Balaban J connectivity index is 2.22. The molecular formula is C14H13FN4O. The fraction of sp³-hybridized carbons (Fsp3) is 0.214. The summed E-state index contributed by atoms with van der Waals surface area (Å²) < 4.78 is 18.9. The largest absolute Gasteiger partial charge is 0.436 e. The topological polar surface area (TPSA) is 70.8 Å². The maximum Gasteiger partial charge on any atom is 0.239 e. The summed E-state index contributed by atoms with van der Waals surface area (Å²) in [6.45, 7) is 2.80. The normalized spacial score (nSPS) is 9.85. The molecule has 6 heteroatoms. The predicted octanol–water partition coefficient (Wildman–Crippen LogP) is 3.10. The second-order valence-corrected chi connectivity index (χ2v) is 4.00. The highest BCUT2D eigenvalue weighted by Gasteiger charge is 2.10. The fourth-order valence-corrected chi connectivity index (χ4v) is 1.55. The summed E-state index contributed by atoms with van der Waals surface area (Å²) in [6.07, 6.45) is 3.93. The van der Waals surface area contributed by atoms with Gasteiger partial charge in [0.2, 0.25) is 5.88 Å². The number of nitrogens with zero attached hydrogens (tertiary/aromatic N) is 3. The Morgan fingerprint density at radius 1 is 1.40 bits per heavy atom. The molecule has 0 bridgehead atoms. The minimum atomic E-state index is -0.627. The smallest absolute Gasteiger partial charge is 0.239 e. The third-order valence-electron chi connectivity index (χ3n) is 2.47. The van der Waals surface area contributed by atoms with Gasteiger partial charge in [0, 0.05) is 6.54 Å². The second kappa shape index (κ2) is 6.48. The molecular weight excluding hydrogens is 259 g/mol. The third kappa shape index (κ3) is 3.20. The number of aromatic nitrogens is 2. The lowest BCUT2D eigenvalue weighted by Gasteiger charge is -2.08. The van der Waals surface area contributed by atoms with Crippen molar-refractivity contribution in [2.45, 2.75) is 13.3 Å². The van der Waals surface area contributed by atoms with Crippen molar-refractivity contribution in [3.8, 4) is 17.7 Å². The van der Waals surface area contributed by atoms with Gasteiger partial charge in [0.25, 0.3) is 0 Å². The Kier molecular flexibility index (Phi) is 4.45. The van der Waals surface area contributed by atoms with E-state index >= 15 is 0 Å². The van der Waals surface area contributed by atoms with Gasteiger partial charge in [0.05, 0.1) is 12.4 Å². The van der Waals surface area contributed by atoms with Crippen LogP contribution in [0.25, 0.3) is 0 Å². The van der Waals surface area contributed by atoms with Gasteiger partial charge in [-0.3, -0.25) is 4.98 Å². The molecule has 0 unspecified atom stereocenters. The zero-order valence-electron chi connectivity index (χ0n) is 10.9. The van der Waals surface area contributed by atoms with E-state index in [1.165, 1.54) is 24.4 Å². The molecule has 5 nitrogen and oxygen atoms in total. The summed E-state index contributed by atoms with van der Waals surface area (Å²) in [5.41, 5.74) is -0.152. The second-order valence-electron chi connectivity index (χ2n) is 4.00. The summed E-state index contributed by atoms with van der Waals surface area (Å²) in [4.78, 5) is 8.17. The molecule has 0 atom stereocenters. The van der Waals surface area contributed by atoms with Gasteiger partial charge in [-0.05, 0) is 18.6 Å². The average Bonchev–Trinajstić information content (AvgIpc) is 2.46. The van der Waals surface area contributed by atoms with Crippen molar-refractivity contribution in [1.29, 1.82) is 5.26 Å². The van der Waals surface area contributed by atoms with Gasteiger partial charge in [0.1, 0.15) is 29.0 Å². The number of anilines is 1. The van der Waals surface area contributed by atoms with E-state index in [0.717, 1.165) is 13.0 Å². The molecule has 0 aliphatic rings. The van der Waals surface area contributed by atoms with Crippen LogP contribution < -0.4 is 10.1 Å². The van der Waals surface area contributed by atoms with Crippen molar-refractivity contribution >= 4 is 5.82 Å². The SMILES string of the molecule is CCCNc1cncc(Oc2cccc(F)c2C#N)n1. The van der Waals surface area contributed by atoms with E-state index in [4.69, 9.17) is 10.00 Å². The van der Waals surface area contributed by atoms with Gasteiger partial charge in [-0.2, -0.15) is 10.2 Å². The van der Waals surface area contributed by atoms with Crippen molar-refractivity contribution in [2.24, 2.45) is 0 Å². The van der Waals surface area contributed by atoms with Crippen LogP contribution in [0.3, 0.4) is 0 Å². The average molecular weight is 272 g/mol. The number of ether oxygens (including phenoxy) is 1. The molecule has 2 rings (SSSR count). The van der Waals surface area contributed by atoms with E-state index in [1.54, 1.807) is 12.3 Å². The number of halogens is 1. The van der Waals surface area contributed by atoms with Crippen molar-refractivity contribution in [1.82, 2.24) is 9.97 Å². The first kappa shape index (κ1) is 13.7. The molecule has 0 saturated carbocycles. The Morgan fingerprint density at radius 3 is 3.00 bits per heavy atom. The van der Waals surface area contributed by atoms with Gasteiger partial charge in [-0.25, -0.2) is 4.39 Å². The van der Waals surface area contributed by atoms with Crippen LogP contribution in [0.1, 0.15) is 18.9 Å².